The molecule has 0 bridgehead atoms. The lowest BCUT2D eigenvalue weighted by Crippen LogP contribution is -2.08. The van der Waals surface area contributed by atoms with Gasteiger partial charge in [-0.3, -0.25) is 0 Å². The first-order chi connectivity index (χ1) is 9.29. The first-order valence-corrected chi connectivity index (χ1v) is 6.76. The highest BCUT2D eigenvalue weighted by Crippen LogP contribution is 2.18. The molecule has 2 nitrogen and oxygen atoms in total. The topological polar surface area (TPSA) is 35.2 Å². The first kappa shape index (κ1) is 13.6. The monoisotopic (exact) mass is 255 g/mol. The van der Waals surface area contributed by atoms with Crippen LogP contribution >= 0.6 is 0 Å². The van der Waals surface area contributed by atoms with E-state index in [0.717, 1.165) is 12.2 Å². The van der Waals surface area contributed by atoms with Crippen LogP contribution in [0, 0.1) is 0 Å². The Bertz CT molecular complexity index is 478. The molecule has 2 aromatic carbocycles. The molecule has 2 aromatic rings. The van der Waals surface area contributed by atoms with Crippen molar-refractivity contribution < 1.29 is 4.74 Å². The lowest BCUT2D eigenvalue weighted by atomic mass is 10.0. The highest BCUT2D eigenvalue weighted by atomic mass is 16.5. The normalized spacial score (nSPS) is 12.1. The van der Waals surface area contributed by atoms with Crippen LogP contribution in [0.15, 0.2) is 54.6 Å². The summed E-state index contributed by atoms with van der Waals surface area (Å²) >= 11 is 0. The van der Waals surface area contributed by atoms with Gasteiger partial charge in [0.1, 0.15) is 5.75 Å². The van der Waals surface area contributed by atoms with Gasteiger partial charge < -0.3 is 10.5 Å². The summed E-state index contributed by atoms with van der Waals surface area (Å²) in [5.74, 6) is 1.32. The van der Waals surface area contributed by atoms with Gasteiger partial charge in [0.05, 0.1) is 6.61 Å². The van der Waals surface area contributed by atoms with E-state index in [1.54, 1.807) is 0 Å². The number of rotatable bonds is 6. The number of ether oxygens (including phenoxy) is 1. The molecule has 0 aliphatic rings. The Morgan fingerprint density at radius 3 is 2.32 bits per heavy atom. The molecule has 0 aliphatic carbocycles. The third-order valence-electron chi connectivity index (χ3n) is 3.30. The van der Waals surface area contributed by atoms with Gasteiger partial charge in [0, 0.05) is 6.42 Å². The van der Waals surface area contributed by atoms with Crippen LogP contribution in [0.25, 0.3) is 0 Å². The first-order valence-electron chi connectivity index (χ1n) is 6.76. The minimum atomic E-state index is 0.401. The lowest BCUT2D eigenvalue weighted by Gasteiger charge is -2.10. The van der Waals surface area contributed by atoms with Crippen LogP contribution in [-0.2, 0) is 6.42 Å². The van der Waals surface area contributed by atoms with E-state index in [2.05, 4.69) is 43.3 Å². The fourth-order valence-corrected chi connectivity index (χ4v) is 1.96. The Morgan fingerprint density at radius 1 is 1.00 bits per heavy atom. The molecule has 2 heteroatoms. The molecule has 0 aromatic heterocycles. The fraction of sp³-hybridized carbons (Fsp3) is 0.294. The molecular formula is C17H21NO. The number of hydrogen-bond donors (Lipinski definition) is 1. The van der Waals surface area contributed by atoms with Crippen molar-refractivity contribution in [2.45, 2.75) is 19.3 Å². The van der Waals surface area contributed by atoms with Crippen LogP contribution in [0.3, 0.4) is 0 Å². The van der Waals surface area contributed by atoms with E-state index < -0.39 is 0 Å². The number of benzene rings is 2. The summed E-state index contributed by atoms with van der Waals surface area (Å²) in [6.07, 6.45) is 0.932. The van der Waals surface area contributed by atoms with Crippen LogP contribution in [0.1, 0.15) is 24.0 Å². The van der Waals surface area contributed by atoms with Crippen LogP contribution in [0.5, 0.6) is 5.75 Å². The van der Waals surface area contributed by atoms with Crippen LogP contribution in [-0.4, -0.2) is 13.2 Å². The van der Waals surface area contributed by atoms with E-state index in [9.17, 15) is 0 Å². The Morgan fingerprint density at radius 2 is 1.68 bits per heavy atom. The van der Waals surface area contributed by atoms with Crippen LogP contribution in [0.2, 0.25) is 0 Å². The standard InChI is InChI=1S/C17H21NO/c1-14(13-18)16-7-9-17(10-8-16)19-12-11-15-5-3-2-4-6-15/h2-10,14H,11-13,18H2,1H3. The summed E-state index contributed by atoms with van der Waals surface area (Å²) in [4.78, 5) is 0. The minimum absolute atomic E-state index is 0.401. The van der Waals surface area contributed by atoms with E-state index in [4.69, 9.17) is 10.5 Å². The second-order valence-corrected chi connectivity index (χ2v) is 4.79. The SMILES string of the molecule is CC(CN)c1ccc(OCCc2ccccc2)cc1. The Balaban J connectivity index is 1.83. The molecule has 100 valence electrons. The molecule has 19 heavy (non-hydrogen) atoms. The van der Waals surface area contributed by atoms with E-state index in [1.165, 1.54) is 11.1 Å². The largest absolute Gasteiger partial charge is 0.493 e. The molecule has 0 saturated heterocycles. The predicted molar refractivity (Wildman–Crippen MR) is 79.6 cm³/mol. The van der Waals surface area contributed by atoms with Gasteiger partial charge >= 0.3 is 0 Å². The highest BCUT2D eigenvalue weighted by molar-refractivity contribution is 5.29. The maximum absolute atomic E-state index is 5.75. The maximum Gasteiger partial charge on any atom is 0.119 e. The lowest BCUT2D eigenvalue weighted by molar-refractivity contribution is 0.322. The molecule has 1 atom stereocenters. The third-order valence-corrected chi connectivity index (χ3v) is 3.30. The van der Waals surface area contributed by atoms with Crippen molar-refractivity contribution in [1.82, 2.24) is 0 Å². The molecule has 0 amide bonds. The van der Waals surface area contributed by atoms with Crippen LogP contribution < -0.4 is 10.5 Å². The molecule has 0 heterocycles. The minimum Gasteiger partial charge on any atom is -0.493 e. The number of hydrogen-bond acceptors (Lipinski definition) is 2. The molecule has 0 saturated carbocycles. The summed E-state index contributed by atoms with van der Waals surface area (Å²) in [5.41, 5.74) is 8.22. The molecule has 2 rings (SSSR count). The summed E-state index contributed by atoms with van der Waals surface area (Å²) in [7, 11) is 0. The third kappa shape index (κ3) is 4.11. The van der Waals surface area contributed by atoms with Gasteiger partial charge in [-0.1, -0.05) is 49.4 Å². The summed E-state index contributed by atoms with van der Waals surface area (Å²) < 4.78 is 5.75. The van der Waals surface area contributed by atoms with E-state index in [0.29, 0.717) is 19.1 Å². The average Bonchev–Trinajstić information content (AvgIpc) is 2.48. The van der Waals surface area contributed by atoms with Gasteiger partial charge in [-0.25, -0.2) is 0 Å². The molecule has 0 radical (unpaired) electrons. The van der Waals surface area contributed by atoms with E-state index >= 15 is 0 Å². The summed E-state index contributed by atoms with van der Waals surface area (Å²) in [6.45, 7) is 3.51. The quantitative estimate of drug-likeness (QED) is 0.859. The molecular weight excluding hydrogens is 234 g/mol. The zero-order chi connectivity index (χ0) is 13.5. The van der Waals surface area contributed by atoms with Crippen molar-refractivity contribution in [3.05, 3.63) is 65.7 Å². The van der Waals surface area contributed by atoms with Crippen molar-refractivity contribution >= 4 is 0 Å². The fourth-order valence-electron chi connectivity index (χ4n) is 1.96. The number of nitrogens with two attached hydrogens (primary N) is 1. The van der Waals surface area contributed by atoms with Gasteiger partial charge in [-0.15, -0.1) is 0 Å². The molecule has 1 unspecified atom stereocenters. The van der Waals surface area contributed by atoms with E-state index in [-0.39, 0.29) is 0 Å². The van der Waals surface area contributed by atoms with Crippen molar-refractivity contribution in [2.24, 2.45) is 5.73 Å². The molecule has 2 N–H and O–H groups in total. The molecule has 0 spiro atoms. The molecule has 0 fully saturated rings. The van der Waals surface area contributed by atoms with Gasteiger partial charge in [0.25, 0.3) is 0 Å². The second-order valence-electron chi connectivity index (χ2n) is 4.79. The summed E-state index contributed by atoms with van der Waals surface area (Å²) in [6, 6.07) is 18.6. The zero-order valence-corrected chi connectivity index (χ0v) is 11.4. The van der Waals surface area contributed by atoms with Crippen LogP contribution in [0.4, 0.5) is 0 Å². The van der Waals surface area contributed by atoms with Crippen molar-refractivity contribution in [3.8, 4) is 5.75 Å². The van der Waals surface area contributed by atoms with Crippen molar-refractivity contribution in [3.63, 3.8) is 0 Å². The zero-order valence-electron chi connectivity index (χ0n) is 11.4. The predicted octanol–water partition coefficient (Wildman–Crippen LogP) is 3.37. The second kappa shape index (κ2) is 6.95. The molecule has 0 aliphatic heterocycles. The Kier molecular flexibility index (Phi) is 4.99. The van der Waals surface area contributed by atoms with E-state index in [1.807, 2.05) is 18.2 Å². The van der Waals surface area contributed by atoms with Gasteiger partial charge in [-0.05, 0) is 35.7 Å². The average molecular weight is 255 g/mol. The van der Waals surface area contributed by atoms with Crippen molar-refractivity contribution in [2.75, 3.05) is 13.2 Å². The van der Waals surface area contributed by atoms with Crippen molar-refractivity contribution in [1.29, 1.82) is 0 Å². The highest BCUT2D eigenvalue weighted by Gasteiger charge is 2.02. The smallest absolute Gasteiger partial charge is 0.119 e. The summed E-state index contributed by atoms with van der Waals surface area (Å²) in [5, 5.41) is 0. The van der Waals surface area contributed by atoms with Gasteiger partial charge in [0.2, 0.25) is 0 Å². The maximum atomic E-state index is 5.75. The Hall–Kier alpha value is -1.80. The van der Waals surface area contributed by atoms with Gasteiger partial charge in [-0.2, -0.15) is 0 Å². The van der Waals surface area contributed by atoms with Gasteiger partial charge in [0.15, 0.2) is 0 Å². The Labute approximate surface area is 115 Å².